The highest BCUT2D eigenvalue weighted by atomic mass is 16.5. The topological polar surface area (TPSA) is 83.8 Å². The van der Waals surface area contributed by atoms with Gasteiger partial charge in [-0.3, -0.25) is 9.59 Å². The Morgan fingerprint density at radius 2 is 1.52 bits per heavy atom. The number of ether oxygens (including phenoxy) is 1. The van der Waals surface area contributed by atoms with Crippen LogP contribution >= 0.6 is 0 Å². The van der Waals surface area contributed by atoms with Gasteiger partial charge in [-0.25, -0.2) is 0 Å². The molecule has 0 aliphatic heterocycles. The van der Waals surface area contributed by atoms with Crippen molar-refractivity contribution in [2.75, 3.05) is 6.61 Å². The van der Waals surface area contributed by atoms with Gasteiger partial charge in [-0.05, 0) is 42.8 Å². The lowest BCUT2D eigenvalue weighted by molar-refractivity contribution is 0.0996. The number of fused-ring (bicyclic) bond motifs is 1. The molecule has 0 radical (unpaired) electrons. The predicted octanol–water partition coefficient (Wildman–Crippen LogP) is 2.96. The molecule has 0 aromatic heterocycles. The fourth-order valence-electron chi connectivity index (χ4n) is 2.58. The third kappa shape index (κ3) is 2.46. The van der Waals surface area contributed by atoms with Gasteiger partial charge < -0.3 is 14.9 Å². The van der Waals surface area contributed by atoms with E-state index in [2.05, 4.69) is 0 Å². The summed E-state index contributed by atoms with van der Waals surface area (Å²) >= 11 is 0. The lowest BCUT2D eigenvalue weighted by atomic mass is 9.85. The molecular weight excluding hydrogens is 296 g/mol. The number of phenolic OH excluding ortho intramolecular Hbond substituents is 2. The molecule has 1 aliphatic carbocycles. The first-order chi connectivity index (χ1) is 11.0. The van der Waals surface area contributed by atoms with Crippen molar-refractivity contribution in [2.24, 2.45) is 0 Å². The molecule has 23 heavy (non-hydrogen) atoms. The Morgan fingerprint density at radius 3 is 2.13 bits per heavy atom. The van der Waals surface area contributed by atoms with E-state index in [1.807, 2.05) is 6.92 Å². The van der Waals surface area contributed by atoms with E-state index in [9.17, 15) is 19.8 Å². The molecule has 1 aliphatic rings. The molecule has 0 unspecified atom stereocenters. The Kier molecular flexibility index (Phi) is 3.62. The van der Waals surface area contributed by atoms with Crippen LogP contribution in [0.5, 0.6) is 17.2 Å². The van der Waals surface area contributed by atoms with Crippen LogP contribution in [-0.2, 0) is 0 Å². The summed E-state index contributed by atoms with van der Waals surface area (Å²) in [6, 6.07) is 9.14. The average molecular weight is 310 g/mol. The first-order valence-corrected chi connectivity index (χ1v) is 7.11. The van der Waals surface area contributed by atoms with Crippen LogP contribution in [0.4, 0.5) is 0 Å². The maximum Gasteiger partial charge on any atom is 0.198 e. The monoisotopic (exact) mass is 310 g/mol. The number of allylic oxidation sites excluding steroid dienone is 2. The Labute approximate surface area is 132 Å². The minimum Gasteiger partial charge on any atom is -0.507 e. The van der Waals surface area contributed by atoms with Crippen LogP contribution in [0.3, 0.4) is 0 Å². The van der Waals surface area contributed by atoms with Gasteiger partial charge in [0.05, 0.1) is 17.7 Å². The minimum atomic E-state index is -0.517. The summed E-state index contributed by atoms with van der Waals surface area (Å²) in [5, 5.41) is 19.7. The second kappa shape index (κ2) is 5.61. The number of Topliss-reactive ketones (excluding diaryl/α,β-unsaturated/α-hetero) is 1. The molecule has 5 heteroatoms. The van der Waals surface area contributed by atoms with Crippen LogP contribution in [0.1, 0.15) is 33.2 Å². The zero-order valence-corrected chi connectivity index (χ0v) is 12.4. The number of rotatable bonds is 3. The van der Waals surface area contributed by atoms with Gasteiger partial charge in [0, 0.05) is 5.57 Å². The van der Waals surface area contributed by atoms with Crippen LogP contribution in [0.15, 0.2) is 42.5 Å². The maximum atomic E-state index is 12.6. The molecule has 2 N–H and O–H groups in total. The van der Waals surface area contributed by atoms with Crippen LogP contribution in [0, 0.1) is 0 Å². The number of carbonyl (C=O) groups is 2. The number of aromatic hydroxyl groups is 2. The summed E-state index contributed by atoms with van der Waals surface area (Å²) in [6.07, 6.45) is 1.18. The van der Waals surface area contributed by atoms with Gasteiger partial charge >= 0.3 is 0 Å². The lowest BCUT2D eigenvalue weighted by Gasteiger charge is -2.17. The molecule has 2 aromatic carbocycles. The van der Waals surface area contributed by atoms with Crippen LogP contribution in [0.25, 0.3) is 5.57 Å². The van der Waals surface area contributed by atoms with Crippen LogP contribution in [-0.4, -0.2) is 28.4 Å². The smallest absolute Gasteiger partial charge is 0.198 e. The second-order valence-electron chi connectivity index (χ2n) is 5.06. The van der Waals surface area contributed by atoms with E-state index >= 15 is 0 Å². The quantitative estimate of drug-likeness (QED) is 0.852. The zero-order valence-electron chi connectivity index (χ0n) is 12.4. The van der Waals surface area contributed by atoms with Gasteiger partial charge in [0.15, 0.2) is 11.6 Å². The third-order valence-corrected chi connectivity index (χ3v) is 3.63. The van der Waals surface area contributed by atoms with E-state index in [-0.39, 0.29) is 28.2 Å². The van der Waals surface area contributed by atoms with Gasteiger partial charge in [-0.1, -0.05) is 12.1 Å². The van der Waals surface area contributed by atoms with Gasteiger partial charge in [-0.2, -0.15) is 0 Å². The average Bonchev–Trinajstić information content (AvgIpc) is 2.54. The van der Waals surface area contributed by atoms with Gasteiger partial charge in [0.1, 0.15) is 17.2 Å². The normalized spacial score (nSPS) is 13.5. The summed E-state index contributed by atoms with van der Waals surface area (Å²) in [6.45, 7) is 2.39. The van der Waals surface area contributed by atoms with E-state index in [1.165, 1.54) is 18.2 Å². The summed E-state index contributed by atoms with van der Waals surface area (Å²) in [4.78, 5) is 24.9. The van der Waals surface area contributed by atoms with Crippen molar-refractivity contribution in [2.45, 2.75) is 6.92 Å². The molecule has 0 spiro atoms. The Morgan fingerprint density at radius 1 is 0.913 bits per heavy atom. The molecule has 0 saturated heterocycles. The van der Waals surface area contributed by atoms with E-state index in [0.29, 0.717) is 17.9 Å². The zero-order chi connectivity index (χ0) is 16.6. The third-order valence-electron chi connectivity index (χ3n) is 3.63. The summed E-state index contributed by atoms with van der Waals surface area (Å²) < 4.78 is 5.34. The molecule has 0 heterocycles. The summed E-state index contributed by atoms with van der Waals surface area (Å²) in [5.41, 5.74) is 0.387. The fourth-order valence-corrected chi connectivity index (χ4v) is 2.58. The highest BCUT2D eigenvalue weighted by Crippen LogP contribution is 2.37. The van der Waals surface area contributed by atoms with Crippen molar-refractivity contribution in [3.05, 3.63) is 59.2 Å². The molecule has 0 atom stereocenters. The van der Waals surface area contributed by atoms with E-state index in [4.69, 9.17) is 4.74 Å². The Bertz CT molecular complexity index is 831. The number of hydrogen-bond acceptors (Lipinski definition) is 5. The molecule has 3 rings (SSSR count). The molecule has 116 valence electrons. The summed E-state index contributed by atoms with van der Waals surface area (Å²) in [7, 11) is 0. The van der Waals surface area contributed by atoms with Crippen molar-refractivity contribution >= 4 is 17.1 Å². The Balaban J connectivity index is 2.07. The molecule has 0 amide bonds. The summed E-state index contributed by atoms with van der Waals surface area (Å²) in [5.74, 6) is -1.01. The van der Waals surface area contributed by atoms with Gasteiger partial charge in [0.25, 0.3) is 0 Å². The van der Waals surface area contributed by atoms with E-state index in [0.717, 1.165) is 0 Å². The Hall–Kier alpha value is -3.08. The molecule has 0 fully saturated rings. The largest absolute Gasteiger partial charge is 0.507 e. The number of benzene rings is 2. The first-order valence-electron chi connectivity index (χ1n) is 7.11. The molecule has 0 bridgehead atoms. The number of hydrogen-bond donors (Lipinski definition) is 2. The highest BCUT2D eigenvalue weighted by Gasteiger charge is 2.31. The SMILES string of the molecule is CCOc1ccc(C2=CC(=O)c3c(O)ccc(O)c3C2=O)cc1. The van der Waals surface area contributed by atoms with Crippen molar-refractivity contribution in [3.8, 4) is 17.2 Å². The maximum absolute atomic E-state index is 12.6. The predicted molar refractivity (Wildman–Crippen MR) is 84.0 cm³/mol. The van der Waals surface area contributed by atoms with Crippen LogP contribution < -0.4 is 4.74 Å². The molecule has 5 nitrogen and oxygen atoms in total. The number of ketones is 2. The minimum absolute atomic E-state index is 0.162. The van der Waals surface area contributed by atoms with Crippen molar-refractivity contribution in [1.82, 2.24) is 0 Å². The lowest BCUT2D eigenvalue weighted by Crippen LogP contribution is -2.16. The second-order valence-corrected chi connectivity index (χ2v) is 5.06. The highest BCUT2D eigenvalue weighted by molar-refractivity contribution is 6.39. The first kappa shape index (κ1) is 14.8. The molecule has 2 aromatic rings. The van der Waals surface area contributed by atoms with Crippen molar-refractivity contribution in [3.63, 3.8) is 0 Å². The number of phenols is 2. The van der Waals surface area contributed by atoms with Crippen LogP contribution in [0.2, 0.25) is 0 Å². The van der Waals surface area contributed by atoms with Gasteiger partial charge in [0.2, 0.25) is 0 Å². The van der Waals surface area contributed by atoms with E-state index < -0.39 is 11.6 Å². The molecule has 0 saturated carbocycles. The number of carbonyl (C=O) groups excluding carboxylic acids is 2. The van der Waals surface area contributed by atoms with E-state index in [1.54, 1.807) is 24.3 Å². The molecular formula is C18H14O5. The fraction of sp³-hybridized carbons (Fsp3) is 0.111. The van der Waals surface area contributed by atoms with Crippen molar-refractivity contribution in [1.29, 1.82) is 0 Å². The van der Waals surface area contributed by atoms with Gasteiger partial charge in [-0.15, -0.1) is 0 Å². The standard InChI is InChI=1S/C18H14O5/c1-2-23-11-5-3-10(4-6-11)12-9-15(21)16-13(19)7-8-14(20)17(16)18(12)22/h3-9,19-20H,2H2,1H3. The van der Waals surface area contributed by atoms with Crippen molar-refractivity contribution < 1.29 is 24.5 Å².